The van der Waals surface area contributed by atoms with Gasteiger partial charge in [-0.3, -0.25) is 9.78 Å². The molecule has 1 heterocycles. The summed E-state index contributed by atoms with van der Waals surface area (Å²) >= 11 is 0. The van der Waals surface area contributed by atoms with Crippen molar-refractivity contribution in [2.75, 3.05) is 0 Å². The maximum Gasteiger partial charge on any atom is 0.186 e. The second-order valence-electron chi connectivity index (χ2n) is 3.39. The van der Waals surface area contributed by atoms with Crippen molar-refractivity contribution in [3.63, 3.8) is 0 Å². The summed E-state index contributed by atoms with van der Waals surface area (Å²) in [6, 6.07) is 2.75. The minimum atomic E-state index is -0.527. The zero-order valence-electron chi connectivity index (χ0n) is 8.46. The van der Waals surface area contributed by atoms with Gasteiger partial charge < -0.3 is 0 Å². The lowest BCUT2D eigenvalue weighted by Crippen LogP contribution is -2.14. The molecule has 76 valence electrons. The molecule has 0 bridgehead atoms. The molecule has 0 N–H and O–H groups in total. The lowest BCUT2D eigenvalue weighted by Gasteiger charge is -2.08. The van der Waals surface area contributed by atoms with Crippen LogP contribution in [-0.4, -0.2) is 10.8 Å². The van der Waals surface area contributed by atoms with Gasteiger partial charge in [-0.1, -0.05) is 20.3 Å². The Kier molecular flexibility index (Phi) is 3.74. The third kappa shape index (κ3) is 2.37. The van der Waals surface area contributed by atoms with Crippen LogP contribution in [0.15, 0.2) is 18.3 Å². The average molecular weight is 195 g/mol. The van der Waals surface area contributed by atoms with E-state index < -0.39 is 5.82 Å². The molecule has 0 fully saturated rings. The standard InChI is InChI=1S/C11H14FNO/c1-3-5-8(2)11(14)10-9(12)6-4-7-13-10/h4,6-8H,3,5H2,1-2H3. The van der Waals surface area contributed by atoms with Crippen molar-refractivity contribution in [2.45, 2.75) is 26.7 Å². The quantitative estimate of drug-likeness (QED) is 0.691. The number of pyridine rings is 1. The fourth-order valence-electron chi connectivity index (χ4n) is 1.36. The highest BCUT2D eigenvalue weighted by Crippen LogP contribution is 2.14. The highest BCUT2D eigenvalue weighted by atomic mass is 19.1. The molecular weight excluding hydrogens is 181 g/mol. The van der Waals surface area contributed by atoms with Crippen LogP contribution in [0.4, 0.5) is 4.39 Å². The Hall–Kier alpha value is -1.25. The summed E-state index contributed by atoms with van der Waals surface area (Å²) in [6.07, 6.45) is 3.13. The Morgan fingerprint density at radius 1 is 1.64 bits per heavy atom. The molecule has 1 rings (SSSR count). The van der Waals surface area contributed by atoms with Crippen LogP contribution in [0.5, 0.6) is 0 Å². The summed E-state index contributed by atoms with van der Waals surface area (Å²) in [5.74, 6) is -0.880. The van der Waals surface area contributed by atoms with Gasteiger partial charge in [-0.25, -0.2) is 4.39 Å². The zero-order chi connectivity index (χ0) is 10.6. The molecule has 0 saturated carbocycles. The van der Waals surface area contributed by atoms with E-state index in [1.807, 2.05) is 6.92 Å². The van der Waals surface area contributed by atoms with Gasteiger partial charge >= 0.3 is 0 Å². The molecule has 1 aromatic rings. The van der Waals surface area contributed by atoms with Crippen molar-refractivity contribution in [3.05, 3.63) is 29.8 Å². The topological polar surface area (TPSA) is 30.0 Å². The molecule has 0 amide bonds. The number of carbonyl (C=O) groups is 1. The Morgan fingerprint density at radius 2 is 2.36 bits per heavy atom. The van der Waals surface area contributed by atoms with E-state index >= 15 is 0 Å². The van der Waals surface area contributed by atoms with Gasteiger partial charge in [-0.15, -0.1) is 0 Å². The minimum Gasteiger partial charge on any atom is -0.292 e. The van der Waals surface area contributed by atoms with E-state index in [-0.39, 0.29) is 17.4 Å². The Morgan fingerprint density at radius 3 is 2.93 bits per heavy atom. The molecule has 0 aromatic carbocycles. The molecule has 0 aliphatic carbocycles. The van der Waals surface area contributed by atoms with Crippen LogP contribution < -0.4 is 0 Å². The molecule has 1 atom stereocenters. The first-order valence-electron chi connectivity index (χ1n) is 4.81. The highest BCUT2D eigenvalue weighted by Gasteiger charge is 2.18. The predicted octanol–water partition coefficient (Wildman–Crippen LogP) is 2.84. The van der Waals surface area contributed by atoms with E-state index in [0.29, 0.717) is 0 Å². The first-order valence-corrected chi connectivity index (χ1v) is 4.81. The van der Waals surface area contributed by atoms with Gasteiger partial charge in [0.15, 0.2) is 11.6 Å². The van der Waals surface area contributed by atoms with Crippen LogP contribution in [-0.2, 0) is 0 Å². The second kappa shape index (κ2) is 4.84. The zero-order valence-corrected chi connectivity index (χ0v) is 8.46. The first kappa shape index (κ1) is 10.8. The van der Waals surface area contributed by atoms with Crippen LogP contribution >= 0.6 is 0 Å². The van der Waals surface area contributed by atoms with E-state index in [1.165, 1.54) is 18.3 Å². The molecule has 14 heavy (non-hydrogen) atoms. The predicted molar refractivity (Wildman–Crippen MR) is 52.6 cm³/mol. The van der Waals surface area contributed by atoms with Gasteiger partial charge in [0.1, 0.15) is 5.69 Å². The lowest BCUT2D eigenvalue weighted by atomic mass is 9.98. The number of carbonyl (C=O) groups excluding carboxylic acids is 1. The second-order valence-corrected chi connectivity index (χ2v) is 3.39. The van der Waals surface area contributed by atoms with Gasteiger partial charge in [-0.2, -0.15) is 0 Å². The normalized spacial score (nSPS) is 12.5. The van der Waals surface area contributed by atoms with Crippen LogP contribution in [0.1, 0.15) is 37.2 Å². The first-order chi connectivity index (χ1) is 6.66. The summed E-state index contributed by atoms with van der Waals surface area (Å²) in [5.41, 5.74) is -0.0338. The highest BCUT2D eigenvalue weighted by molar-refractivity contribution is 5.96. The van der Waals surface area contributed by atoms with Crippen LogP contribution in [0.3, 0.4) is 0 Å². The molecule has 0 radical (unpaired) electrons. The van der Waals surface area contributed by atoms with Crippen molar-refractivity contribution in [2.24, 2.45) is 5.92 Å². The van der Waals surface area contributed by atoms with Crippen molar-refractivity contribution >= 4 is 5.78 Å². The summed E-state index contributed by atoms with van der Waals surface area (Å²) < 4.78 is 13.2. The monoisotopic (exact) mass is 195 g/mol. The van der Waals surface area contributed by atoms with Crippen molar-refractivity contribution in [1.29, 1.82) is 0 Å². The van der Waals surface area contributed by atoms with Crippen LogP contribution in [0, 0.1) is 11.7 Å². The van der Waals surface area contributed by atoms with Crippen molar-refractivity contribution in [1.82, 2.24) is 4.98 Å². The Labute approximate surface area is 83.2 Å². The number of ketones is 1. The summed E-state index contributed by atoms with van der Waals surface area (Å²) in [5, 5.41) is 0. The fraction of sp³-hybridized carbons (Fsp3) is 0.455. The van der Waals surface area contributed by atoms with E-state index in [4.69, 9.17) is 0 Å². The maximum absolute atomic E-state index is 13.2. The number of aromatic nitrogens is 1. The molecule has 3 heteroatoms. The Bertz CT molecular complexity index is 325. The minimum absolute atomic E-state index is 0.0338. The molecular formula is C11H14FNO. The number of hydrogen-bond acceptors (Lipinski definition) is 2. The molecule has 1 aromatic heterocycles. The average Bonchev–Trinajstić information content (AvgIpc) is 2.18. The molecule has 2 nitrogen and oxygen atoms in total. The third-order valence-corrected chi connectivity index (χ3v) is 2.16. The number of Topliss-reactive ketones (excluding diaryl/α,β-unsaturated/α-hetero) is 1. The third-order valence-electron chi connectivity index (χ3n) is 2.16. The molecule has 0 saturated heterocycles. The number of halogens is 1. The largest absolute Gasteiger partial charge is 0.292 e. The molecule has 1 unspecified atom stereocenters. The summed E-state index contributed by atoms with van der Waals surface area (Å²) in [4.78, 5) is 15.4. The van der Waals surface area contributed by atoms with Gasteiger partial charge in [0.25, 0.3) is 0 Å². The van der Waals surface area contributed by atoms with Crippen LogP contribution in [0.25, 0.3) is 0 Å². The lowest BCUT2D eigenvalue weighted by molar-refractivity contribution is 0.0914. The Balaban J connectivity index is 2.84. The van der Waals surface area contributed by atoms with Crippen molar-refractivity contribution in [3.8, 4) is 0 Å². The SMILES string of the molecule is CCCC(C)C(=O)c1ncccc1F. The molecule has 0 aliphatic rings. The van der Waals surface area contributed by atoms with Crippen LogP contribution in [0.2, 0.25) is 0 Å². The van der Waals surface area contributed by atoms with Gasteiger partial charge in [0, 0.05) is 12.1 Å². The van der Waals surface area contributed by atoms with E-state index in [1.54, 1.807) is 6.92 Å². The van der Waals surface area contributed by atoms with Gasteiger partial charge in [0.2, 0.25) is 0 Å². The number of nitrogens with zero attached hydrogens (tertiary/aromatic N) is 1. The number of hydrogen-bond donors (Lipinski definition) is 0. The molecule has 0 spiro atoms. The summed E-state index contributed by atoms with van der Waals surface area (Å²) in [6.45, 7) is 3.80. The van der Waals surface area contributed by atoms with Crippen molar-refractivity contribution < 1.29 is 9.18 Å². The maximum atomic E-state index is 13.2. The van der Waals surface area contributed by atoms with Gasteiger partial charge in [0.05, 0.1) is 0 Å². The van der Waals surface area contributed by atoms with E-state index in [2.05, 4.69) is 4.98 Å². The smallest absolute Gasteiger partial charge is 0.186 e. The van der Waals surface area contributed by atoms with E-state index in [9.17, 15) is 9.18 Å². The summed E-state index contributed by atoms with van der Waals surface area (Å²) in [7, 11) is 0. The molecule has 0 aliphatic heterocycles. The fourth-order valence-corrected chi connectivity index (χ4v) is 1.36. The number of rotatable bonds is 4. The van der Waals surface area contributed by atoms with E-state index in [0.717, 1.165) is 12.8 Å². The van der Waals surface area contributed by atoms with Gasteiger partial charge in [-0.05, 0) is 18.6 Å².